The Morgan fingerprint density at radius 3 is 2.51 bits per heavy atom. The van der Waals surface area contributed by atoms with Crippen molar-refractivity contribution in [3.05, 3.63) is 59.9 Å². The van der Waals surface area contributed by atoms with E-state index < -0.39 is 5.97 Å². The zero-order valence-electron chi connectivity index (χ0n) is 20.5. The van der Waals surface area contributed by atoms with Gasteiger partial charge < -0.3 is 14.7 Å². The van der Waals surface area contributed by atoms with Crippen LogP contribution in [0.3, 0.4) is 0 Å². The summed E-state index contributed by atoms with van der Waals surface area (Å²) in [4.78, 5) is 32.0. The monoisotopic (exact) mass is 479 g/mol. The van der Waals surface area contributed by atoms with Crippen molar-refractivity contribution >= 4 is 11.9 Å². The maximum absolute atomic E-state index is 12.5. The van der Waals surface area contributed by atoms with Gasteiger partial charge in [0.25, 0.3) is 0 Å². The Hall–Kier alpha value is -2.93. The molecule has 1 spiro atoms. The van der Waals surface area contributed by atoms with Gasteiger partial charge in [0.2, 0.25) is 5.91 Å². The van der Waals surface area contributed by atoms with Crippen molar-refractivity contribution < 1.29 is 19.4 Å². The van der Waals surface area contributed by atoms with Crippen LogP contribution in [0.5, 0.6) is 5.75 Å². The number of carboxylic acids is 1. The molecule has 1 fully saturated rings. The van der Waals surface area contributed by atoms with Crippen LogP contribution in [0.4, 0.5) is 0 Å². The molecule has 4 rings (SSSR count). The summed E-state index contributed by atoms with van der Waals surface area (Å²) in [5.41, 5.74) is 2.67. The van der Waals surface area contributed by atoms with Crippen LogP contribution in [0.25, 0.3) is 0 Å². The minimum Gasteiger partial charge on any atom is -0.492 e. The van der Waals surface area contributed by atoms with Gasteiger partial charge in [-0.25, -0.2) is 0 Å². The average molecular weight is 480 g/mol. The lowest BCUT2D eigenvalue weighted by Crippen LogP contribution is -2.48. The number of aromatic nitrogens is 1. The summed E-state index contributed by atoms with van der Waals surface area (Å²) in [6, 6.07) is 12.5. The number of piperidine rings is 1. The number of nitrogens with zero attached hydrogens (tertiary/aromatic N) is 3. The van der Waals surface area contributed by atoms with E-state index in [1.165, 1.54) is 11.1 Å². The molecule has 0 unspecified atom stereocenters. The van der Waals surface area contributed by atoms with Crippen molar-refractivity contribution in [2.45, 2.75) is 57.9 Å². The van der Waals surface area contributed by atoms with Gasteiger partial charge in [-0.1, -0.05) is 24.6 Å². The van der Waals surface area contributed by atoms with Crippen LogP contribution in [0, 0.1) is 5.41 Å². The molecule has 7 heteroatoms. The predicted octanol–water partition coefficient (Wildman–Crippen LogP) is 4.16. The Labute approximate surface area is 208 Å². The van der Waals surface area contributed by atoms with E-state index in [1.54, 1.807) is 0 Å². The highest BCUT2D eigenvalue weighted by Gasteiger charge is 2.37. The Kier molecular flexibility index (Phi) is 8.74. The number of pyridine rings is 1. The number of hydrogen-bond acceptors (Lipinski definition) is 5. The van der Waals surface area contributed by atoms with E-state index in [4.69, 9.17) is 9.84 Å². The van der Waals surface area contributed by atoms with Gasteiger partial charge in [-0.3, -0.25) is 19.5 Å². The molecule has 1 aromatic carbocycles. The largest absolute Gasteiger partial charge is 0.492 e. The van der Waals surface area contributed by atoms with Crippen LogP contribution in [0.1, 0.15) is 56.1 Å². The number of hydrogen-bond donors (Lipinski definition) is 1. The number of carbonyl (C=O) groups is 2. The van der Waals surface area contributed by atoms with Crippen molar-refractivity contribution in [1.29, 1.82) is 0 Å². The summed E-state index contributed by atoms with van der Waals surface area (Å²) in [6.07, 6.45) is 10.0. The molecule has 7 nitrogen and oxygen atoms in total. The standard InChI is InChI=1S/C28H37N3O4/c32-26(8-9-27(33)34)31-17-13-28(14-18-31)12-4-3-6-24-5-1-2-7-25(24)35-20-19-30(22-28)21-23-10-15-29-16-11-23/h1-2,5,7,10-11,15-16H,3-4,6,8-9,12-14,17-22H2,(H,33,34). The summed E-state index contributed by atoms with van der Waals surface area (Å²) in [6.45, 7) is 4.70. The molecule has 3 heterocycles. The number of carbonyl (C=O) groups excluding carboxylic acids is 1. The fourth-order valence-corrected chi connectivity index (χ4v) is 5.48. The highest BCUT2D eigenvalue weighted by atomic mass is 16.5. The molecule has 1 saturated heterocycles. The minimum absolute atomic E-state index is 0.0333. The SMILES string of the molecule is O=C(O)CCC(=O)N1CCC2(CCCCc3ccccc3OCCN(Cc3ccncc3)C2)CC1. The summed E-state index contributed by atoms with van der Waals surface area (Å²) in [5, 5.41) is 8.93. The van der Waals surface area contributed by atoms with E-state index >= 15 is 0 Å². The van der Waals surface area contributed by atoms with Gasteiger partial charge in [-0.2, -0.15) is 0 Å². The quantitative estimate of drug-likeness (QED) is 0.693. The number of aryl methyl sites for hydroxylation is 1. The molecule has 0 radical (unpaired) electrons. The van der Waals surface area contributed by atoms with E-state index in [1.807, 2.05) is 23.4 Å². The molecule has 0 atom stereocenters. The van der Waals surface area contributed by atoms with Gasteiger partial charge in [-0.05, 0) is 66.8 Å². The number of amides is 1. The molecular weight excluding hydrogens is 442 g/mol. The zero-order valence-corrected chi connectivity index (χ0v) is 20.5. The number of ether oxygens (including phenoxy) is 1. The average Bonchev–Trinajstić information content (AvgIpc) is 2.86. The van der Waals surface area contributed by atoms with Gasteiger partial charge >= 0.3 is 5.97 Å². The van der Waals surface area contributed by atoms with Crippen molar-refractivity contribution in [1.82, 2.24) is 14.8 Å². The molecule has 0 aliphatic carbocycles. The Morgan fingerprint density at radius 2 is 1.74 bits per heavy atom. The lowest BCUT2D eigenvalue weighted by Gasteiger charge is -2.45. The normalized spacial score (nSPS) is 19.1. The molecule has 35 heavy (non-hydrogen) atoms. The van der Waals surface area contributed by atoms with E-state index in [2.05, 4.69) is 40.2 Å². The Morgan fingerprint density at radius 1 is 0.971 bits per heavy atom. The van der Waals surface area contributed by atoms with Gasteiger partial charge in [0.1, 0.15) is 12.4 Å². The molecule has 1 N–H and O–H groups in total. The van der Waals surface area contributed by atoms with Crippen LogP contribution in [0.2, 0.25) is 0 Å². The first-order chi connectivity index (χ1) is 17.0. The molecule has 2 aromatic rings. The number of carboxylic acid groups (broad SMARTS) is 1. The van der Waals surface area contributed by atoms with Gasteiger partial charge in [0, 0.05) is 51.5 Å². The smallest absolute Gasteiger partial charge is 0.303 e. The van der Waals surface area contributed by atoms with E-state index in [0.717, 1.165) is 63.9 Å². The third kappa shape index (κ3) is 7.28. The van der Waals surface area contributed by atoms with E-state index in [9.17, 15) is 9.59 Å². The summed E-state index contributed by atoms with van der Waals surface area (Å²) >= 11 is 0. The summed E-state index contributed by atoms with van der Waals surface area (Å²) in [7, 11) is 0. The molecule has 1 aromatic heterocycles. The second kappa shape index (κ2) is 12.2. The van der Waals surface area contributed by atoms with Gasteiger partial charge in [-0.15, -0.1) is 0 Å². The predicted molar refractivity (Wildman–Crippen MR) is 134 cm³/mol. The summed E-state index contributed by atoms with van der Waals surface area (Å²) in [5.74, 6) is 0.0515. The van der Waals surface area contributed by atoms with Crippen molar-refractivity contribution in [2.24, 2.45) is 5.41 Å². The molecular formula is C28H37N3O4. The molecule has 0 saturated carbocycles. The summed E-state index contributed by atoms with van der Waals surface area (Å²) < 4.78 is 6.24. The third-order valence-corrected chi connectivity index (χ3v) is 7.49. The molecule has 1 amide bonds. The minimum atomic E-state index is -0.915. The number of para-hydroxylation sites is 1. The van der Waals surface area contributed by atoms with Crippen molar-refractivity contribution in [2.75, 3.05) is 32.8 Å². The highest BCUT2D eigenvalue weighted by Crippen LogP contribution is 2.39. The zero-order chi connectivity index (χ0) is 24.5. The third-order valence-electron chi connectivity index (χ3n) is 7.49. The van der Waals surface area contributed by atoms with Gasteiger partial charge in [0.15, 0.2) is 0 Å². The first-order valence-corrected chi connectivity index (χ1v) is 12.8. The van der Waals surface area contributed by atoms with Crippen molar-refractivity contribution in [3.8, 4) is 5.75 Å². The lowest BCUT2D eigenvalue weighted by atomic mass is 9.73. The maximum Gasteiger partial charge on any atom is 0.303 e. The topological polar surface area (TPSA) is 83.0 Å². The molecule has 0 bridgehead atoms. The number of likely N-dealkylation sites (tertiary alicyclic amines) is 1. The number of fused-ring (bicyclic) bond motifs is 1. The fourth-order valence-electron chi connectivity index (χ4n) is 5.48. The molecule has 2 aliphatic heterocycles. The number of benzene rings is 1. The second-order valence-corrected chi connectivity index (χ2v) is 10.0. The first kappa shape index (κ1) is 25.2. The maximum atomic E-state index is 12.5. The lowest BCUT2D eigenvalue weighted by molar-refractivity contribution is -0.141. The number of aliphatic carboxylic acids is 1. The van der Waals surface area contributed by atoms with Crippen molar-refractivity contribution in [3.63, 3.8) is 0 Å². The van der Waals surface area contributed by atoms with E-state index in [-0.39, 0.29) is 24.2 Å². The van der Waals surface area contributed by atoms with Crippen LogP contribution in [0.15, 0.2) is 48.8 Å². The van der Waals surface area contributed by atoms with Gasteiger partial charge in [0.05, 0.1) is 6.42 Å². The van der Waals surface area contributed by atoms with Crippen LogP contribution in [-0.2, 0) is 22.6 Å². The fraction of sp³-hybridized carbons (Fsp3) is 0.536. The first-order valence-electron chi connectivity index (χ1n) is 12.8. The number of rotatable bonds is 5. The van der Waals surface area contributed by atoms with E-state index in [0.29, 0.717) is 19.7 Å². The van der Waals surface area contributed by atoms with Crippen LogP contribution >= 0.6 is 0 Å². The highest BCUT2D eigenvalue weighted by molar-refractivity contribution is 5.80. The molecule has 2 aliphatic rings. The van der Waals surface area contributed by atoms with Crippen LogP contribution in [-0.4, -0.2) is 64.6 Å². The Bertz CT molecular complexity index is 973. The van der Waals surface area contributed by atoms with Crippen LogP contribution < -0.4 is 4.74 Å². The Balaban J connectivity index is 1.47. The molecule has 188 valence electrons. The second-order valence-electron chi connectivity index (χ2n) is 10.0.